The van der Waals surface area contributed by atoms with E-state index in [1.54, 1.807) is 0 Å². The SMILES string of the molecule is CC(C)(C)C(=O)OO[Cl+3]([O-])([O-])[O-]. The highest BCUT2D eigenvalue weighted by atomic mass is 35.7. The molecule has 0 unspecified atom stereocenters. The lowest BCUT2D eigenvalue weighted by atomic mass is 9.98. The van der Waals surface area contributed by atoms with Gasteiger partial charge < -0.3 is 0 Å². The fourth-order valence-corrected chi connectivity index (χ4v) is 0.327. The van der Waals surface area contributed by atoms with Crippen molar-refractivity contribution in [2.24, 2.45) is 5.41 Å². The quantitative estimate of drug-likeness (QED) is 0.358. The summed E-state index contributed by atoms with van der Waals surface area (Å²) in [6.07, 6.45) is 0. The minimum atomic E-state index is -4.71. The van der Waals surface area contributed by atoms with E-state index in [9.17, 15) is 18.8 Å². The molecule has 0 aromatic heterocycles. The summed E-state index contributed by atoms with van der Waals surface area (Å²) >= 11 is 0. The van der Waals surface area contributed by atoms with E-state index in [0.29, 0.717) is 0 Å². The number of carbonyl (C=O) groups is 1. The predicted molar refractivity (Wildman–Crippen MR) is 26.6 cm³/mol. The minimum absolute atomic E-state index is 0.916. The molecule has 0 rings (SSSR count). The zero-order valence-corrected chi connectivity index (χ0v) is 7.58. The maximum absolute atomic E-state index is 10.8. The smallest absolute Gasteiger partial charge is 0.247 e. The maximum atomic E-state index is 10.8. The Morgan fingerprint density at radius 2 is 1.67 bits per heavy atom. The first-order valence-electron chi connectivity index (χ1n) is 2.94. The van der Waals surface area contributed by atoms with Crippen LogP contribution in [0.5, 0.6) is 0 Å². The summed E-state index contributed by atoms with van der Waals surface area (Å²) in [6.45, 7) is 4.44. The molecule has 72 valence electrons. The van der Waals surface area contributed by atoms with Gasteiger partial charge in [0.05, 0.1) is 5.41 Å². The van der Waals surface area contributed by atoms with Gasteiger partial charge in [0, 0.05) is 0 Å². The van der Waals surface area contributed by atoms with Crippen LogP contribution in [0.1, 0.15) is 20.8 Å². The molecule has 0 aliphatic rings. The average molecular weight is 201 g/mol. The molecule has 0 N–H and O–H groups in total. The van der Waals surface area contributed by atoms with Crippen LogP contribution in [0.25, 0.3) is 0 Å². The van der Waals surface area contributed by atoms with Crippen molar-refractivity contribution in [3.63, 3.8) is 0 Å². The van der Waals surface area contributed by atoms with Crippen molar-refractivity contribution in [3.8, 4) is 0 Å². The van der Waals surface area contributed by atoms with E-state index in [0.717, 1.165) is 0 Å². The van der Waals surface area contributed by atoms with Crippen LogP contribution in [0.2, 0.25) is 0 Å². The number of carbonyl (C=O) groups excluding carboxylic acids is 1. The van der Waals surface area contributed by atoms with Gasteiger partial charge >= 0.3 is 10.4 Å². The summed E-state index contributed by atoms with van der Waals surface area (Å²) in [7, 11) is -4.71. The van der Waals surface area contributed by atoms with Crippen LogP contribution >= 0.6 is 0 Å². The van der Waals surface area contributed by atoms with Crippen LogP contribution in [-0.4, -0.2) is 5.97 Å². The van der Waals surface area contributed by atoms with Gasteiger partial charge in [-0.1, -0.05) is 0 Å². The summed E-state index contributed by atoms with van der Waals surface area (Å²) in [5.74, 6) is -0.936. The molecule has 0 aliphatic heterocycles. The topological polar surface area (TPSA) is 105 Å². The summed E-state index contributed by atoms with van der Waals surface area (Å²) in [4.78, 5) is 14.5. The van der Waals surface area contributed by atoms with E-state index in [4.69, 9.17) is 0 Å². The Kier molecular flexibility index (Phi) is 3.43. The van der Waals surface area contributed by atoms with E-state index >= 15 is 0 Å². The Hall–Kier alpha value is -0.400. The molecule has 0 saturated carbocycles. The number of halogens is 1. The molecular weight excluding hydrogens is 192 g/mol. The molecule has 0 aromatic rings. The molecule has 0 spiro atoms. The average Bonchev–Trinajstić information content (AvgIpc) is 1.78. The molecule has 0 amide bonds. The Balaban J connectivity index is 3.90. The molecule has 0 aromatic carbocycles. The lowest BCUT2D eigenvalue weighted by molar-refractivity contribution is -1.93. The van der Waals surface area contributed by atoms with Crippen molar-refractivity contribution in [3.05, 3.63) is 0 Å². The summed E-state index contributed by atoms with van der Waals surface area (Å²) in [6, 6.07) is 0. The third-order valence-corrected chi connectivity index (χ3v) is 1.01. The highest BCUT2D eigenvalue weighted by Gasteiger charge is 2.31. The van der Waals surface area contributed by atoms with Gasteiger partial charge in [-0.3, -0.25) is 0 Å². The zero-order valence-electron chi connectivity index (χ0n) is 6.83. The Bertz CT molecular complexity index is 166. The molecule has 0 fully saturated rings. The summed E-state index contributed by atoms with van der Waals surface area (Å²) < 4.78 is 32.6. The molecule has 0 radical (unpaired) electrons. The van der Waals surface area contributed by atoms with Gasteiger partial charge in [-0.2, -0.15) is 18.9 Å². The van der Waals surface area contributed by atoms with Crippen LogP contribution in [0.4, 0.5) is 0 Å². The first-order chi connectivity index (χ1) is 5.13. The van der Waals surface area contributed by atoms with Crippen molar-refractivity contribution in [2.45, 2.75) is 20.8 Å². The van der Waals surface area contributed by atoms with Gasteiger partial charge in [-0.25, -0.2) is 4.79 Å². The summed E-state index contributed by atoms with van der Waals surface area (Å²) in [5.41, 5.74) is -0.916. The second kappa shape index (κ2) is 3.55. The molecule has 0 atom stereocenters. The highest BCUT2D eigenvalue weighted by molar-refractivity contribution is 5.74. The van der Waals surface area contributed by atoms with Crippen molar-refractivity contribution < 1.29 is 38.3 Å². The molecule has 0 heterocycles. The lowest BCUT2D eigenvalue weighted by Crippen LogP contribution is -2.61. The van der Waals surface area contributed by atoms with Crippen LogP contribution in [0, 0.1) is 15.7 Å². The second-order valence-electron chi connectivity index (χ2n) is 3.06. The van der Waals surface area contributed by atoms with Gasteiger partial charge in [-0.05, 0) is 20.8 Å². The molecular formula is C5H9ClO6. The number of hydrogen-bond acceptors (Lipinski definition) is 6. The van der Waals surface area contributed by atoms with Crippen LogP contribution in [0.3, 0.4) is 0 Å². The van der Waals surface area contributed by atoms with Crippen LogP contribution in [0.15, 0.2) is 0 Å². The van der Waals surface area contributed by atoms with Crippen molar-refractivity contribution in [1.29, 1.82) is 0 Å². The van der Waals surface area contributed by atoms with Crippen molar-refractivity contribution in [2.75, 3.05) is 0 Å². The zero-order chi connectivity index (χ0) is 9.99. The Morgan fingerprint density at radius 3 is 1.92 bits per heavy atom. The molecule has 0 saturated heterocycles. The predicted octanol–water partition coefficient (Wildman–Crippen LogP) is -2.60. The molecule has 6 nitrogen and oxygen atoms in total. The standard InChI is InChI=1S/C5H9ClO6/c1-5(2,3)4(7)11-12-6(8,9)10/h1-3H3. The van der Waals surface area contributed by atoms with Gasteiger partial charge in [0.1, 0.15) is 10.2 Å². The van der Waals surface area contributed by atoms with E-state index in [1.165, 1.54) is 20.8 Å². The van der Waals surface area contributed by atoms with Gasteiger partial charge in [0.2, 0.25) is 0 Å². The molecule has 0 aliphatic carbocycles. The van der Waals surface area contributed by atoms with Gasteiger partial charge in [0.25, 0.3) is 0 Å². The Labute approximate surface area is 71.4 Å². The molecule has 7 heteroatoms. The van der Waals surface area contributed by atoms with E-state index < -0.39 is 21.6 Å². The maximum Gasteiger partial charge on any atom is 0.363 e. The second-order valence-corrected chi connectivity index (χ2v) is 3.94. The van der Waals surface area contributed by atoms with E-state index in [1.807, 2.05) is 0 Å². The first-order valence-corrected chi connectivity index (χ1v) is 4.18. The monoisotopic (exact) mass is 200 g/mol. The van der Waals surface area contributed by atoms with Gasteiger partial charge in [0.15, 0.2) is 0 Å². The third kappa shape index (κ3) is 5.28. The number of rotatable bonds is 2. The van der Waals surface area contributed by atoms with Crippen LogP contribution in [-0.2, 0) is 14.1 Å². The summed E-state index contributed by atoms with van der Waals surface area (Å²) in [5, 5.41) is 0. The Morgan fingerprint density at radius 1 is 1.25 bits per heavy atom. The molecule has 0 bridgehead atoms. The van der Waals surface area contributed by atoms with Gasteiger partial charge in [-0.15, -0.1) is 0 Å². The van der Waals surface area contributed by atoms with E-state index in [2.05, 4.69) is 9.33 Å². The fraction of sp³-hybridized carbons (Fsp3) is 0.800. The largest absolute Gasteiger partial charge is 0.363 e. The van der Waals surface area contributed by atoms with Crippen LogP contribution < -0.4 is 14.0 Å². The lowest BCUT2D eigenvalue weighted by Gasteiger charge is -2.14. The van der Waals surface area contributed by atoms with Crippen molar-refractivity contribution >= 4 is 5.97 Å². The molecule has 12 heavy (non-hydrogen) atoms. The van der Waals surface area contributed by atoms with E-state index in [-0.39, 0.29) is 0 Å². The van der Waals surface area contributed by atoms with Crippen molar-refractivity contribution in [1.82, 2.24) is 0 Å². The third-order valence-electron chi connectivity index (χ3n) is 0.797. The fourth-order valence-electron chi connectivity index (χ4n) is 0.192. The first kappa shape index (κ1) is 11.6. The normalized spacial score (nSPS) is 12.8. The number of hydrogen-bond donors (Lipinski definition) is 0. The minimum Gasteiger partial charge on any atom is -0.247 e. The highest BCUT2D eigenvalue weighted by Crippen LogP contribution is 2.15.